The first-order valence-corrected chi connectivity index (χ1v) is 2.82. The molecule has 68 valence electrons. The summed E-state index contributed by atoms with van der Waals surface area (Å²) in [6, 6.07) is -0.565. The highest BCUT2D eigenvalue weighted by Gasteiger charge is 2.46. The van der Waals surface area contributed by atoms with Crippen molar-refractivity contribution in [3.05, 3.63) is 12.0 Å². The van der Waals surface area contributed by atoms with E-state index in [0.717, 1.165) is 0 Å². The zero-order valence-electron chi connectivity index (χ0n) is 5.60. The number of halogens is 4. The van der Waals surface area contributed by atoms with Crippen molar-refractivity contribution in [3.8, 4) is 0 Å². The average Bonchev–Trinajstić information content (AvgIpc) is 2.35. The lowest BCUT2D eigenvalue weighted by atomic mass is 10.3. The number of aromatic nitrogens is 1. The molecule has 0 spiro atoms. The number of hydrogen-bond acceptors (Lipinski definition) is 3. The highest BCUT2D eigenvalue weighted by molar-refractivity contribution is 5.14. The summed E-state index contributed by atoms with van der Waals surface area (Å²) in [6.07, 6.45) is -3.36. The van der Waals surface area contributed by atoms with Crippen LogP contribution in [0.5, 0.6) is 0 Å². The van der Waals surface area contributed by atoms with Crippen LogP contribution in [0, 0.1) is 0 Å². The minimum Gasteiger partial charge on any atom is -0.422 e. The van der Waals surface area contributed by atoms with E-state index in [1.807, 2.05) is 0 Å². The van der Waals surface area contributed by atoms with Gasteiger partial charge < -0.3 is 10.2 Å². The number of hydrogen-bond donors (Lipinski definition) is 1. The molecule has 0 aliphatic rings. The second-order valence-corrected chi connectivity index (χ2v) is 1.99. The van der Waals surface area contributed by atoms with E-state index < -0.39 is 24.1 Å². The van der Waals surface area contributed by atoms with E-state index in [-0.39, 0.29) is 0 Å². The molecule has 7 heteroatoms. The topological polar surface area (TPSA) is 52.0 Å². The number of nitrogen functional groups attached to an aromatic ring is 1. The quantitative estimate of drug-likeness (QED) is 0.710. The first-order chi connectivity index (χ1) is 5.44. The van der Waals surface area contributed by atoms with Gasteiger partial charge in [0.25, 0.3) is 6.01 Å². The van der Waals surface area contributed by atoms with Gasteiger partial charge in [0.05, 0.1) is 6.20 Å². The van der Waals surface area contributed by atoms with Gasteiger partial charge in [0.15, 0.2) is 0 Å². The molecule has 1 rings (SSSR count). The van der Waals surface area contributed by atoms with Crippen LogP contribution < -0.4 is 5.73 Å². The lowest BCUT2D eigenvalue weighted by molar-refractivity contribution is -0.147. The van der Waals surface area contributed by atoms with Crippen molar-refractivity contribution >= 4 is 6.01 Å². The third-order valence-corrected chi connectivity index (χ3v) is 1.13. The summed E-state index contributed by atoms with van der Waals surface area (Å²) in [5, 5.41) is 0. The molecule has 3 nitrogen and oxygen atoms in total. The monoisotopic (exact) mass is 184 g/mol. The van der Waals surface area contributed by atoms with Gasteiger partial charge in [-0.3, -0.25) is 0 Å². The average molecular weight is 184 g/mol. The molecule has 0 aliphatic heterocycles. The van der Waals surface area contributed by atoms with Crippen molar-refractivity contribution in [2.75, 3.05) is 5.73 Å². The lowest BCUT2D eigenvalue weighted by Crippen LogP contribution is -2.22. The maximum absolute atomic E-state index is 12.4. The van der Waals surface area contributed by atoms with E-state index in [9.17, 15) is 17.6 Å². The molecule has 0 bridgehead atoms. The number of anilines is 1. The van der Waals surface area contributed by atoms with Crippen LogP contribution in [0.3, 0.4) is 0 Å². The Balaban J connectivity index is 2.97. The van der Waals surface area contributed by atoms with Gasteiger partial charge in [-0.15, -0.1) is 0 Å². The van der Waals surface area contributed by atoms with Gasteiger partial charge in [-0.1, -0.05) is 0 Å². The largest absolute Gasteiger partial charge is 0.422 e. The van der Waals surface area contributed by atoms with Gasteiger partial charge in [-0.2, -0.15) is 8.78 Å². The summed E-state index contributed by atoms with van der Waals surface area (Å²) in [4.78, 5) is 3.06. The van der Waals surface area contributed by atoms with Gasteiger partial charge in [0.1, 0.15) is 0 Å². The number of oxazole rings is 1. The summed E-state index contributed by atoms with van der Waals surface area (Å²) in [7, 11) is 0. The van der Waals surface area contributed by atoms with Crippen molar-refractivity contribution in [2.45, 2.75) is 12.3 Å². The molecule has 0 saturated carbocycles. The van der Waals surface area contributed by atoms with Crippen LogP contribution in [0.15, 0.2) is 10.6 Å². The fraction of sp³-hybridized carbons (Fsp3) is 0.400. The molecular formula is C5H4F4N2O. The Kier molecular flexibility index (Phi) is 1.95. The fourth-order valence-corrected chi connectivity index (χ4v) is 0.549. The maximum atomic E-state index is 12.4. The Morgan fingerprint density at radius 1 is 1.50 bits per heavy atom. The lowest BCUT2D eigenvalue weighted by Gasteiger charge is -2.10. The molecule has 0 amide bonds. The summed E-state index contributed by atoms with van der Waals surface area (Å²) in [5.74, 6) is -5.56. The van der Waals surface area contributed by atoms with Gasteiger partial charge in [0.2, 0.25) is 5.76 Å². The second kappa shape index (κ2) is 2.65. The van der Waals surface area contributed by atoms with Crippen molar-refractivity contribution in [2.24, 2.45) is 0 Å². The Morgan fingerprint density at radius 2 is 2.08 bits per heavy atom. The van der Waals surface area contributed by atoms with Crippen LogP contribution in [-0.4, -0.2) is 11.4 Å². The van der Waals surface area contributed by atoms with E-state index in [2.05, 4.69) is 9.40 Å². The third kappa shape index (κ3) is 1.34. The van der Waals surface area contributed by atoms with Crippen LogP contribution in [-0.2, 0) is 5.92 Å². The first kappa shape index (κ1) is 8.82. The van der Waals surface area contributed by atoms with E-state index in [1.165, 1.54) is 0 Å². The minimum absolute atomic E-state index is 0.474. The van der Waals surface area contributed by atoms with Gasteiger partial charge in [-0.05, 0) is 0 Å². The van der Waals surface area contributed by atoms with Crippen LogP contribution in [0.25, 0.3) is 0 Å². The number of alkyl halides is 4. The van der Waals surface area contributed by atoms with Crippen LogP contribution in [0.1, 0.15) is 5.76 Å². The zero-order chi connectivity index (χ0) is 9.35. The summed E-state index contributed by atoms with van der Waals surface area (Å²) in [6.45, 7) is 0. The predicted molar refractivity (Wildman–Crippen MR) is 30.8 cm³/mol. The number of rotatable bonds is 2. The van der Waals surface area contributed by atoms with E-state index in [4.69, 9.17) is 5.73 Å². The molecule has 0 radical (unpaired) electrons. The summed E-state index contributed by atoms with van der Waals surface area (Å²) >= 11 is 0. The zero-order valence-corrected chi connectivity index (χ0v) is 5.60. The molecule has 0 unspecified atom stereocenters. The summed E-state index contributed by atoms with van der Waals surface area (Å²) < 4.78 is 52.0. The standard InChI is InChI=1S/C5H4F4N2O/c6-3(7)5(8,9)2-1-11-4(10)12-2/h1,3H,(H2,10,11). The van der Waals surface area contributed by atoms with Crippen LogP contribution in [0.4, 0.5) is 23.6 Å². The minimum atomic E-state index is -4.33. The molecule has 0 saturated heterocycles. The smallest absolute Gasteiger partial charge is 0.365 e. The first-order valence-electron chi connectivity index (χ1n) is 2.82. The highest BCUT2D eigenvalue weighted by Crippen LogP contribution is 2.34. The van der Waals surface area contributed by atoms with Crippen molar-refractivity contribution in [3.63, 3.8) is 0 Å². The van der Waals surface area contributed by atoms with E-state index in [1.54, 1.807) is 0 Å². The molecule has 1 aromatic heterocycles. The summed E-state index contributed by atoms with van der Waals surface area (Å²) in [5.41, 5.74) is 4.82. The maximum Gasteiger partial charge on any atom is 0.365 e. The third-order valence-electron chi connectivity index (χ3n) is 1.13. The molecule has 12 heavy (non-hydrogen) atoms. The Hall–Kier alpha value is -1.27. The highest BCUT2D eigenvalue weighted by atomic mass is 19.3. The van der Waals surface area contributed by atoms with Crippen molar-refractivity contribution < 1.29 is 22.0 Å². The SMILES string of the molecule is Nc1ncc(C(F)(F)C(F)F)o1. The normalized spacial score (nSPS) is 12.4. The second-order valence-electron chi connectivity index (χ2n) is 1.99. The van der Waals surface area contributed by atoms with Crippen LogP contribution in [0.2, 0.25) is 0 Å². The molecule has 0 fully saturated rings. The molecule has 0 atom stereocenters. The number of nitrogens with zero attached hydrogens (tertiary/aromatic N) is 1. The molecule has 0 aliphatic carbocycles. The van der Waals surface area contributed by atoms with Gasteiger partial charge >= 0.3 is 12.3 Å². The Bertz CT molecular complexity index is 272. The molecular weight excluding hydrogens is 180 g/mol. The van der Waals surface area contributed by atoms with E-state index >= 15 is 0 Å². The predicted octanol–water partition coefficient (Wildman–Crippen LogP) is 1.61. The molecule has 0 aromatic carbocycles. The molecule has 2 N–H and O–H groups in total. The van der Waals surface area contributed by atoms with Gasteiger partial charge in [0, 0.05) is 0 Å². The Labute approximate surface area is 64.2 Å². The molecule has 1 aromatic rings. The van der Waals surface area contributed by atoms with Crippen molar-refractivity contribution in [1.29, 1.82) is 0 Å². The van der Waals surface area contributed by atoms with Gasteiger partial charge in [-0.25, -0.2) is 13.8 Å². The van der Waals surface area contributed by atoms with E-state index in [0.29, 0.717) is 6.20 Å². The Morgan fingerprint density at radius 3 is 2.42 bits per heavy atom. The van der Waals surface area contributed by atoms with Crippen molar-refractivity contribution in [1.82, 2.24) is 4.98 Å². The fourth-order valence-electron chi connectivity index (χ4n) is 0.549. The van der Waals surface area contributed by atoms with Crippen LogP contribution >= 0.6 is 0 Å². The molecule has 1 heterocycles. The number of nitrogens with two attached hydrogens (primary N) is 1.